The lowest BCUT2D eigenvalue weighted by atomic mass is 10.00. The first-order chi connectivity index (χ1) is 14.5. The Labute approximate surface area is 179 Å². The van der Waals surface area contributed by atoms with Gasteiger partial charge in [-0.2, -0.15) is 0 Å². The number of carbonyl (C=O) groups is 2. The van der Waals surface area contributed by atoms with Crippen LogP contribution >= 0.6 is 0 Å². The lowest BCUT2D eigenvalue weighted by Gasteiger charge is -2.18. The SMILES string of the molecule is CC(C)COC(C(=O)c1ccccc1)c1ccccc1.CCC(=O)c1ccccc1. The molecular formula is C27H30O3. The van der Waals surface area contributed by atoms with Crippen LogP contribution in [-0.4, -0.2) is 18.2 Å². The molecular weight excluding hydrogens is 372 g/mol. The van der Waals surface area contributed by atoms with Gasteiger partial charge in [0, 0.05) is 17.5 Å². The molecule has 0 aliphatic rings. The van der Waals surface area contributed by atoms with Crippen molar-refractivity contribution < 1.29 is 14.3 Å². The first-order valence-corrected chi connectivity index (χ1v) is 10.4. The van der Waals surface area contributed by atoms with Crippen molar-refractivity contribution in [3.05, 3.63) is 108 Å². The van der Waals surface area contributed by atoms with E-state index < -0.39 is 6.10 Å². The van der Waals surface area contributed by atoms with E-state index in [1.54, 1.807) is 0 Å². The molecule has 0 aromatic heterocycles. The Hall–Kier alpha value is -3.04. The lowest BCUT2D eigenvalue weighted by Crippen LogP contribution is -2.18. The molecule has 3 rings (SSSR count). The van der Waals surface area contributed by atoms with Crippen molar-refractivity contribution in [2.75, 3.05) is 6.61 Å². The van der Waals surface area contributed by atoms with Crippen LogP contribution < -0.4 is 0 Å². The first-order valence-electron chi connectivity index (χ1n) is 10.4. The number of carbonyl (C=O) groups excluding carboxylic acids is 2. The van der Waals surface area contributed by atoms with E-state index in [9.17, 15) is 9.59 Å². The van der Waals surface area contributed by atoms with Crippen molar-refractivity contribution in [2.24, 2.45) is 5.92 Å². The maximum absolute atomic E-state index is 12.6. The monoisotopic (exact) mass is 402 g/mol. The van der Waals surface area contributed by atoms with Crippen LogP contribution in [0.15, 0.2) is 91.0 Å². The zero-order valence-corrected chi connectivity index (χ0v) is 18.0. The lowest BCUT2D eigenvalue weighted by molar-refractivity contribution is 0.0308. The van der Waals surface area contributed by atoms with Gasteiger partial charge in [0.05, 0.1) is 6.61 Å². The molecule has 3 aromatic carbocycles. The van der Waals surface area contributed by atoms with Crippen LogP contribution in [-0.2, 0) is 4.74 Å². The fourth-order valence-corrected chi connectivity index (χ4v) is 2.82. The molecule has 0 bridgehead atoms. The molecule has 0 amide bonds. The molecule has 3 heteroatoms. The van der Waals surface area contributed by atoms with Gasteiger partial charge in [-0.05, 0) is 11.5 Å². The van der Waals surface area contributed by atoms with Crippen molar-refractivity contribution in [1.29, 1.82) is 0 Å². The van der Waals surface area contributed by atoms with Gasteiger partial charge in [0.15, 0.2) is 11.6 Å². The first kappa shape index (κ1) is 23.2. The van der Waals surface area contributed by atoms with E-state index in [0.29, 0.717) is 24.5 Å². The molecule has 1 atom stereocenters. The molecule has 1 unspecified atom stereocenters. The molecule has 0 aliphatic heterocycles. The average molecular weight is 403 g/mol. The maximum atomic E-state index is 12.6. The van der Waals surface area contributed by atoms with E-state index in [1.807, 2.05) is 97.9 Å². The second-order valence-electron chi connectivity index (χ2n) is 7.39. The third-order valence-corrected chi connectivity index (χ3v) is 4.41. The third kappa shape index (κ3) is 7.41. The molecule has 0 saturated heterocycles. The topological polar surface area (TPSA) is 43.4 Å². The smallest absolute Gasteiger partial charge is 0.196 e. The van der Waals surface area contributed by atoms with Crippen LogP contribution in [0, 0.1) is 5.92 Å². The maximum Gasteiger partial charge on any atom is 0.196 e. The van der Waals surface area contributed by atoms with E-state index in [2.05, 4.69) is 13.8 Å². The van der Waals surface area contributed by atoms with E-state index in [-0.39, 0.29) is 11.6 Å². The molecule has 156 valence electrons. The van der Waals surface area contributed by atoms with Gasteiger partial charge < -0.3 is 4.74 Å². The van der Waals surface area contributed by atoms with Crippen LogP contribution in [0.4, 0.5) is 0 Å². The van der Waals surface area contributed by atoms with Crippen molar-refractivity contribution in [3.63, 3.8) is 0 Å². The number of rotatable bonds is 8. The number of ketones is 2. The van der Waals surface area contributed by atoms with Crippen molar-refractivity contribution in [3.8, 4) is 0 Å². The fourth-order valence-electron chi connectivity index (χ4n) is 2.82. The zero-order chi connectivity index (χ0) is 21.8. The Bertz CT molecular complexity index is 887. The highest BCUT2D eigenvalue weighted by molar-refractivity contribution is 6.00. The molecule has 0 radical (unpaired) electrons. The third-order valence-electron chi connectivity index (χ3n) is 4.41. The highest BCUT2D eigenvalue weighted by Crippen LogP contribution is 2.23. The highest BCUT2D eigenvalue weighted by atomic mass is 16.5. The Morgan fingerprint density at radius 3 is 1.67 bits per heavy atom. The molecule has 0 N–H and O–H groups in total. The van der Waals surface area contributed by atoms with Crippen LogP contribution in [0.2, 0.25) is 0 Å². The zero-order valence-electron chi connectivity index (χ0n) is 18.0. The Kier molecular flexibility index (Phi) is 9.69. The summed E-state index contributed by atoms with van der Waals surface area (Å²) in [6.07, 6.45) is 0.0605. The molecule has 0 heterocycles. The Morgan fingerprint density at radius 1 is 0.733 bits per heavy atom. The predicted octanol–water partition coefficient (Wildman–Crippen LogP) is 6.56. The normalized spacial score (nSPS) is 11.3. The summed E-state index contributed by atoms with van der Waals surface area (Å²) in [5, 5.41) is 0. The summed E-state index contributed by atoms with van der Waals surface area (Å²) in [4.78, 5) is 23.6. The second-order valence-corrected chi connectivity index (χ2v) is 7.39. The summed E-state index contributed by atoms with van der Waals surface area (Å²) in [5.74, 6) is 0.614. The number of Topliss-reactive ketones (excluding diaryl/α,β-unsaturated/α-hetero) is 2. The van der Waals surface area contributed by atoms with Gasteiger partial charge in [-0.3, -0.25) is 9.59 Å². The number of benzene rings is 3. The Balaban J connectivity index is 0.000000269. The predicted molar refractivity (Wildman–Crippen MR) is 122 cm³/mol. The molecule has 3 aromatic rings. The minimum atomic E-state index is -0.527. The van der Waals surface area contributed by atoms with Gasteiger partial charge in [-0.1, -0.05) is 112 Å². The minimum absolute atomic E-state index is 0.0115. The number of hydrogen-bond donors (Lipinski definition) is 0. The van der Waals surface area contributed by atoms with Gasteiger partial charge in [0.25, 0.3) is 0 Å². The number of hydrogen-bond acceptors (Lipinski definition) is 3. The molecule has 0 aliphatic carbocycles. The minimum Gasteiger partial charge on any atom is -0.365 e. The van der Waals surface area contributed by atoms with Crippen LogP contribution in [0.25, 0.3) is 0 Å². The van der Waals surface area contributed by atoms with E-state index >= 15 is 0 Å². The average Bonchev–Trinajstić information content (AvgIpc) is 2.80. The quantitative estimate of drug-likeness (QED) is 0.401. The number of ether oxygens (including phenoxy) is 1. The summed E-state index contributed by atoms with van der Waals surface area (Å²) in [5.41, 5.74) is 2.40. The van der Waals surface area contributed by atoms with E-state index in [1.165, 1.54) is 0 Å². The summed E-state index contributed by atoms with van der Waals surface area (Å²) < 4.78 is 5.86. The Morgan fingerprint density at radius 2 is 1.20 bits per heavy atom. The fraction of sp³-hybridized carbons (Fsp3) is 0.259. The van der Waals surface area contributed by atoms with E-state index in [4.69, 9.17) is 4.74 Å². The summed E-state index contributed by atoms with van der Waals surface area (Å²) in [6.45, 7) is 6.59. The summed E-state index contributed by atoms with van der Waals surface area (Å²) in [7, 11) is 0. The summed E-state index contributed by atoms with van der Waals surface area (Å²) >= 11 is 0. The highest BCUT2D eigenvalue weighted by Gasteiger charge is 2.22. The standard InChI is InChI=1S/C18H20O2.C9H10O/c1-14(2)13-20-18(16-11-7-4-8-12-16)17(19)15-9-5-3-6-10-15;1-2-9(10)8-6-4-3-5-7-8/h3-12,14,18H,13H2,1-2H3;3-7H,2H2,1H3. The molecule has 0 spiro atoms. The van der Waals surface area contributed by atoms with E-state index in [0.717, 1.165) is 11.1 Å². The van der Waals surface area contributed by atoms with Crippen LogP contribution in [0.5, 0.6) is 0 Å². The summed E-state index contributed by atoms with van der Waals surface area (Å²) in [6, 6.07) is 28.3. The van der Waals surface area contributed by atoms with Gasteiger partial charge in [-0.25, -0.2) is 0 Å². The van der Waals surface area contributed by atoms with Gasteiger partial charge in [0.2, 0.25) is 0 Å². The van der Waals surface area contributed by atoms with Crippen molar-refractivity contribution in [2.45, 2.75) is 33.3 Å². The largest absolute Gasteiger partial charge is 0.365 e. The van der Waals surface area contributed by atoms with Crippen molar-refractivity contribution >= 4 is 11.6 Å². The van der Waals surface area contributed by atoms with Gasteiger partial charge >= 0.3 is 0 Å². The van der Waals surface area contributed by atoms with Crippen LogP contribution in [0.3, 0.4) is 0 Å². The molecule has 30 heavy (non-hydrogen) atoms. The van der Waals surface area contributed by atoms with Crippen molar-refractivity contribution in [1.82, 2.24) is 0 Å². The molecule has 3 nitrogen and oxygen atoms in total. The van der Waals surface area contributed by atoms with Gasteiger partial charge in [-0.15, -0.1) is 0 Å². The molecule has 0 saturated carbocycles. The van der Waals surface area contributed by atoms with Gasteiger partial charge in [0.1, 0.15) is 6.10 Å². The van der Waals surface area contributed by atoms with Crippen LogP contribution in [0.1, 0.15) is 59.6 Å². The molecule has 0 fully saturated rings. The second kappa shape index (κ2) is 12.5.